The van der Waals surface area contributed by atoms with Gasteiger partial charge in [-0.15, -0.1) is 0 Å². The average molecular weight is 179 g/mol. The van der Waals surface area contributed by atoms with Gasteiger partial charge in [0.2, 0.25) is 0 Å². The molecule has 0 amide bonds. The fourth-order valence-electron chi connectivity index (χ4n) is 1.38. The van der Waals surface area contributed by atoms with Crippen molar-refractivity contribution in [3.63, 3.8) is 0 Å². The monoisotopic (exact) mass is 179 g/mol. The zero-order chi connectivity index (χ0) is 9.68. The smallest absolute Gasteiger partial charge is 0.120 e. The lowest BCUT2D eigenvalue weighted by Gasteiger charge is -2.12. The number of para-hydroxylation sites is 1. The van der Waals surface area contributed by atoms with Crippen LogP contribution in [0.1, 0.15) is 37.8 Å². The van der Waals surface area contributed by atoms with Crippen LogP contribution in [-0.2, 0) is 0 Å². The summed E-state index contributed by atoms with van der Waals surface area (Å²) in [5.41, 5.74) is 6.78. The summed E-state index contributed by atoms with van der Waals surface area (Å²) in [6.07, 6.45) is 3.19. The van der Waals surface area contributed by atoms with Crippen molar-refractivity contribution in [2.75, 3.05) is 0 Å². The van der Waals surface area contributed by atoms with E-state index in [1.54, 1.807) is 6.07 Å². The second-order valence-electron chi connectivity index (χ2n) is 3.31. The van der Waals surface area contributed by atoms with Crippen molar-refractivity contribution in [2.24, 2.45) is 5.73 Å². The minimum Gasteiger partial charge on any atom is -0.508 e. The van der Waals surface area contributed by atoms with Crippen LogP contribution in [0.25, 0.3) is 0 Å². The molecule has 1 aromatic rings. The SMILES string of the molecule is CCCC[C@H](N)c1ccccc1O. The molecule has 13 heavy (non-hydrogen) atoms. The third kappa shape index (κ3) is 2.74. The summed E-state index contributed by atoms with van der Waals surface area (Å²) in [7, 11) is 0. The van der Waals surface area contributed by atoms with E-state index in [1.807, 2.05) is 18.2 Å². The minimum atomic E-state index is -0.0267. The highest BCUT2D eigenvalue weighted by Crippen LogP contribution is 2.24. The molecule has 1 aromatic carbocycles. The Kier molecular flexibility index (Phi) is 3.77. The number of phenolic OH excluding ortho intramolecular Hbond substituents is 1. The van der Waals surface area contributed by atoms with Crippen LogP contribution in [0.5, 0.6) is 5.75 Å². The Hall–Kier alpha value is -1.02. The standard InChI is InChI=1S/C11H17NO/c1-2-3-7-10(12)9-6-4-5-8-11(9)13/h4-6,8,10,13H,2-3,7,12H2,1H3/t10-/m0/s1. The lowest BCUT2D eigenvalue weighted by molar-refractivity contribution is 0.456. The predicted octanol–water partition coefficient (Wildman–Crippen LogP) is 2.58. The molecule has 0 radical (unpaired) electrons. The van der Waals surface area contributed by atoms with Crippen LogP contribution < -0.4 is 5.73 Å². The Labute approximate surface area is 79.4 Å². The maximum Gasteiger partial charge on any atom is 0.120 e. The fourth-order valence-corrected chi connectivity index (χ4v) is 1.38. The first-order valence-corrected chi connectivity index (χ1v) is 4.79. The van der Waals surface area contributed by atoms with E-state index in [0.29, 0.717) is 5.75 Å². The van der Waals surface area contributed by atoms with Gasteiger partial charge in [0, 0.05) is 11.6 Å². The summed E-state index contributed by atoms with van der Waals surface area (Å²) < 4.78 is 0. The molecule has 0 unspecified atom stereocenters. The Bertz CT molecular complexity index is 260. The normalized spacial score (nSPS) is 12.8. The van der Waals surface area contributed by atoms with Crippen molar-refractivity contribution in [2.45, 2.75) is 32.2 Å². The molecule has 0 fully saturated rings. The summed E-state index contributed by atoms with van der Waals surface area (Å²) in [4.78, 5) is 0. The molecule has 0 aliphatic heterocycles. The molecule has 0 aromatic heterocycles. The molecule has 0 bridgehead atoms. The van der Waals surface area contributed by atoms with E-state index >= 15 is 0 Å². The molecule has 0 aliphatic rings. The van der Waals surface area contributed by atoms with Gasteiger partial charge < -0.3 is 10.8 Å². The number of hydrogen-bond acceptors (Lipinski definition) is 2. The summed E-state index contributed by atoms with van der Waals surface area (Å²) in [6, 6.07) is 7.25. The van der Waals surface area contributed by atoms with Gasteiger partial charge in [-0.2, -0.15) is 0 Å². The maximum absolute atomic E-state index is 9.50. The van der Waals surface area contributed by atoms with E-state index in [1.165, 1.54) is 0 Å². The van der Waals surface area contributed by atoms with Gasteiger partial charge in [-0.1, -0.05) is 38.0 Å². The van der Waals surface area contributed by atoms with E-state index in [-0.39, 0.29) is 6.04 Å². The Morgan fingerprint density at radius 2 is 2.08 bits per heavy atom. The molecule has 3 N–H and O–H groups in total. The first-order valence-electron chi connectivity index (χ1n) is 4.79. The van der Waals surface area contributed by atoms with Crippen molar-refractivity contribution in [3.8, 4) is 5.75 Å². The highest BCUT2D eigenvalue weighted by Gasteiger charge is 2.08. The van der Waals surface area contributed by atoms with Crippen molar-refractivity contribution in [1.82, 2.24) is 0 Å². The average Bonchev–Trinajstić information content (AvgIpc) is 2.15. The second-order valence-corrected chi connectivity index (χ2v) is 3.31. The van der Waals surface area contributed by atoms with Crippen LogP contribution in [0.4, 0.5) is 0 Å². The van der Waals surface area contributed by atoms with Gasteiger partial charge in [0.05, 0.1) is 0 Å². The number of unbranched alkanes of at least 4 members (excludes halogenated alkanes) is 1. The number of hydrogen-bond donors (Lipinski definition) is 2. The summed E-state index contributed by atoms with van der Waals surface area (Å²) in [6.45, 7) is 2.14. The van der Waals surface area contributed by atoms with Crippen LogP contribution in [0.2, 0.25) is 0 Å². The summed E-state index contributed by atoms with van der Waals surface area (Å²) in [5, 5.41) is 9.50. The molecule has 0 heterocycles. The number of phenols is 1. The largest absolute Gasteiger partial charge is 0.508 e. The summed E-state index contributed by atoms with van der Waals surface area (Å²) in [5.74, 6) is 0.311. The topological polar surface area (TPSA) is 46.2 Å². The third-order valence-corrected chi connectivity index (χ3v) is 2.20. The highest BCUT2D eigenvalue weighted by molar-refractivity contribution is 5.34. The predicted molar refractivity (Wildman–Crippen MR) is 54.6 cm³/mol. The van der Waals surface area contributed by atoms with Crippen LogP contribution in [-0.4, -0.2) is 5.11 Å². The quantitative estimate of drug-likeness (QED) is 0.746. The molecule has 1 atom stereocenters. The van der Waals surface area contributed by atoms with Crippen LogP contribution in [0.3, 0.4) is 0 Å². The molecule has 2 nitrogen and oxygen atoms in total. The van der Waals surface area contributed by atoms with Gasteiger partial charge in [0.1, 0.15) is 5.75 Å². The lowest BCUT2D eigenvalue weighted by Crippen LogP contribution is -2.09. The van der Waals surface area contributed by atoms with Gasteiger partial charge in [-0.05, 0) is 12.5 Å². The van der Waals surface area contributed by atoms with E-state index in [4.69, 9.17) is 5.73 Å². The molecule has 72 valence electrons. The zero-order valence-corrected chi connectivity index (χ0v) is 8.03. The van der Waals surface area contributed by atoms with Crippen molar-refractivity contribution in [3.05, 3.63) is 29.8 Å². The van der Waals surface area contributed by atoms with Gasteiger partial charge >= 0.3 is 0 Å². The number of rotatable bonds is 4. The Morgan fingerprint density at radius 1 is 1.38 bits per heavy atom. The van der Waals surface area contributed by atoms with Gasteiger partial charge in [-0.25, -0.2) is 0 Å². The van der Waals surface area contributed by atoms with Crippen molar-refractivity contribution < 1.29 is 5.11 Å². The number of aromatic hydroxyl groups is 1. The van der Waals surface area contributed by atoms with Crippen LogP contribution in [0, 0.1) is 0 Å². The van der Waals surface area contributed by atoms with Crippen molar-refractivity contribution in [1.29, 1.82) is 0 Å². The van der Waals surface area contributed by atoms with Crippen LogP contribution in [0.15, 0.2) is 24.3 Å². The van der Waals surface area contributed by atoms with Gasteiger partial charge in [-0.3, -0.25) is 0 Å². The lowest BCUT2D eigenvalue weighted by atomic mass is 10.0. The molecule has 2 heteroatoms. The molecule has 1 rings (SSSR count). The highest BCUT2D eigenvalue weighted by atomic mass is 16.3. The van der Waals surface area contributed by atoms with E-state index in [9.17, 15) is 5.11 Å². The van der Waals surface area contributed by atoms with E-state index in [2.05, 4.69) is 6.92 Å². The van der Waals surface area contributed by atoms with Gasteiger partial charge in [0.25, 0.3) is 0 Å². The Morgan fingerprint density at radius 3 is 2.69 bits per heavy atom. The zero-order valence-electron chi connectivity index (χ0n) is 8.03. The maximum atomic E-state index is 9.50. The Balaban J connectivity index is 2.65. The molecule has 0 saturated heterocycles. The molecule has 0 spiro atoms. The summed E-state index contributed by atoms with van der Waals surface area (Å²) >= 11 is 0. The first kappa shape index (κ1) is 10.1. The second kappa shape index (κ2) is 4.87. The van der Waals surface area contributed by atoms with E-state index in [0.717, 1.165) is 24.8 Å². The van der Waals surface area contributed by atoms with Gasteiger partial charge in [0.15, 0.2) is 0 Å². The van der Waals surface area contributed by atoms with E-state index < -0.39 is 0 Å². The fraction of sp³-hybridized carbons (Fsp3) is 0.455. The third-order valence-electron chi connectivity index (χ3n) is 2.20. The minimum absolute atomic E-state index is 0.0267. The molecular weight excluding hydrogens is 162 g/mol. The number of benzene rings is 1. The number of nitrogens with two attached hydrogens (primary N) is 1. The van der Waals surface area contributed by atoms with Crippen molar-refractivity contribution >= 4 is 0 Å². The molecular formula is C11H17NO. The first-order chi connectivity index (χ1) is 6.25. The molecule has 0 aliphatic carbocycles. The van der Waals surface area contributed by atoms with Crippen LogP contribution >= 0.6 is 0 Å². The molecule has 0 saturated carbocycles.